The van der Waals surface area contributed by atoms with Gasteiger partial charge in [0, 0.05) is 19.3 Å². The van der Waals surface area contributed by atoms with Crippen molar-refractivity contribution in [3.05, 3.63) is 97.2 Å². The first-order valence-corrected chi connectivity index (χ1v) is 28.7. The topological polar surface area (TPSA) is 78.9 Å². The van der Waals surface area contributed by atoms with E-state index in [0.29, 0.717) is 25.7 Å². The minimum absolute atomic E-state index is 0.115. The van der Waals surface area contributed by atoms with Gasteiger partial charge in [0.2, 0.25) is 0 Å². The summed E-state index contributed by atoms with van der Waals surface area (Å²) in [5.74, 6) is -1.00. The van der Waals surface area contributed by atoms with E-state index in [-0.39, 0.29) is 37.5 Å². The predicted molar refractivity (Wildman–Crippen MR) is 297 cm³/mol. The molecule has 0 aliphatic heterocycles. The van der Waals surface area contributed by atoms with E-state index < -0.39 is 6.10 Å². The molecule has 0 fully saturated rings. The van der Waals surface area contributed by atoms with Crippen molar-refractivity contribution in [1.29, 1.82) is 0 Å². The Bertz CT molecular complexity index is 1380. The predicted octanol–water partition coefficient (Wildman–Crippen LogP) is 19.3. The van der Waals surface area contributed by atoms with Gasteiger partial charge in [-0.2, -0.15) is 0 Å². The van der Waals surface area contributed by atoms with Gasteiger partial charge in [-0.25, -0.2) is 0 Å². The second-order valence-electron chi connectivity index (χ2n) is 18.8. The smallest absolute Gasteiger partial charge is 0.306 e. The van der Waals surface area contributed by atoms with Gasteiger partial charge < -0.3 is 14.2 Å². The number of rotatable bonds is 51. The average molecular weight is 960 g/mol. The molecule has 0 spiro atoms. The Kier molecular flexibility index (Phi) is 53.9. The highest BCUT2D eigenvalue weighted by molar-refractivity contribution is 5.71. The summed E-state index contributed by atoms with van der Waals surface area (Å²) in [7, 11) is 0. The van der Waals surface area contributed by atoms with Crippen molar-refractivity contribution in [2.45, 2.75) is 271 Å². The standard InChI is InChI=1S/C63H106O6/c1-4-7-10-13-16-19-22-25-28-30-31-33-36-39-42-45-48-51-54-57-63(66)69-60(58-67-61(64)55-52-49-46-43-40-37-34-27-24-21-18-15-12-9-6-3)59-68-62(65)56-53-50-47-44-41-38-35-32-29-26-23-20-17-14-11-8-5-2/h9,12,17-18,20-21,26-27,29,34-35,38,40,43-44,47,60H,4-8,10-11,13-16,19,22-25,28,30-33,36-37,39,41-42,45-46,48-59H2,1-3H3/b12-9-,20-17-,21-18-,29-26-,34-27-,38-35-,43-40-,47-44-/t60-/m1/s1. The molecule has 0 saturated heterocycles. The molecule has 0 heterocycles. The van der Waals surface area contributed by atoms with E-state index in [2.05, 4.69) is 118 Å². The summed E-state index contributed by atoms with van der Waals surface area (Å²) < 4.78 is 16.8. The molecule has 0 aromatic rings. The Morgan fingerprint density at radius 2 is 0.580 bits per heavy atom. The van der Waals surface area contributed by atoms with Crippen molar-refractivity contribution in [3.8, 4) is 0 Å². The van der Waals surface area contributed by atoms with Crippen molar-refractivity contribution in [2.24, 2.45) is 0 Å². The highest BCUT2D eigenvalue weighted by Gasteiger charge is 2.19. The number of carbonyl (C=O) groups excluding carboxylic acids is 3. The molecule has 0 unspecified atom stereocenters. The fourth-order valence-electron chi connectivity index (χ4n) is 7.78. The van der Waals surface area contributed by atoms with Gasteiger partial charge in [0.15, 0.2) is 6.10 Å². The quantitative estimate of drug-likeness (QED) is 0.0262. The Morgan fingerprint density at radius 1 is 0.304 bits per heavy atom. The first kappa shape index (κ1) is 65.3. The Balaban J connectivity index is 4.50. The lowest BCUT2D eigenvalue weighted by Gasteiger charge is -2.18. The van der Waals surface area contributed by atoms with Crippen LogP contribution in [0.5, 0.6) is 0 Å². The molecule has 6 nitrogen and oxygen atoms in total. The summed E-state index contributed by atoms with van der Waals surface area (Å²) in [5.41, 5.74) is 0. The van der Waals surface area contributed by atoms with Crippen molar-refractivity contribution in [2.75, 3.05) is 13.2 Å². The molecule has 394 valence electrons. The second-order valence-corrected chi connectivity index (χ2v) is 18.8. The van der Waals surface area contributed by atoms with Crippen molar-refractivity contribution < 1.29 is 28.6 Å². The zero-order valence-electron chi connectivity index (χ0n) is 45.0. The van der Waals surface area contributed by atoms with E-state index in [1.165, 1.54) is 128 Å². The lowest BCUT2D eigenvalue weighted by Crippen LogP contribution is -2.30. The molecule has 0 saturated carbocycles. The number of allylic oxidation sites excluding steroid dienone is 16. The van der Waals surface area contributed by atoms with Crippen LogP contribution in [0.15, 0.2) is 97.2 Å². The third-order valence-corrected chi connectivity index (χ3v) is 12.1. The van der Waals surface area contributed by atoms with Gasteiger partial charge in [0.25, 0.3) is 0 Å². The summed E-state index contributed by atoms with van der Waals surface area (Å²) in [4.78, 5) is 38.1. The molecule has 69 heavy (non-hydrogen) atoms. The number of carbonyl (C=O) groups is 3. The van der Waals surface area contributed by atoms with E-state index in [9.17, 15) is 14.4 Å². The maximum Gasteiger partial charge on any atom is 0.306 e. The Hall–Kier alpha value is -3.67. The summed E-state index contributed by atoms with van der Waals surface area (Å²) in [6.07, 6.45) is 75.5. The monoisotopic (exact) mass is 959 g/mol. The van der Waals surface area contributed by atoms with Gasteiger partial charge in [-0.15, -0.1) is 0 Å². The second kappa shape index (κ2) is 56.9. The molecular weight excluding hydrogens is 853 g/mol. The largest absolute Gasteiger partial charge is 0.462 e. The molecule has 0 aliphatic rings. The number of hydrogen-bond donors (Lipinski definition) is 0. The molecule has 0 amide bonds. The average Bonchev–Trinajstić information content (AvgIpc) is 3.35. The molecule has 0 aliphatic carbocycles. The third-order valence-electron chi connectivity index (χ3n) is 12.1. The van der Waals surface area contributed by atoms with Gasteiger partial charge in [0.1, 0.15) is 13.2 Å². The molecule has 6 heteroatoms. The number of esters is 3. The van der Waals surface area contributed by atoms with Crippen LogP contribution in [-0.2, 0) is 28.6 Å². The van der Waals surface area contributed by atoms with Crippen LogP contribution in [0.25, 0.3) is 0 Å². The zero-order chi connectivity index (χ0) is 50.0. The van der Waals surface area contributed by atoms with Gasteiger partial charge in [-0.1, -0.05) is 246 Å². The molecule has 0 bridgehead atoms. The van der Waals surface area contributed by atoms with E-state index >= 15 is 0 Å². The van der Waals surface area contributed by atoms with Crippen LogP contribution in [0.1, 0.15) is 265 Å². The molecule has 0 aromatic carbocycles. The number of hydrogen-bond acceptors (Lipinski definition) is 6. The Labute approximate surface area is 426 Å². The summed E-state index contributed by atoms with van der Waals surface area (Å²) >= 11 is 0. The van der Waals surface area contributed by atoms with Crippen LogP contribution in [0, 0.1) is 0 Å². The van der Waals surface area contributed by atoms with Gasteiger partial charge >= 0.3 is 17.9 Å². The van der Waals surface area contributed by atoms with Crippen LogP contribution >= 0.6 is 0 Å². The zero-order valence-corrected chi connectivity index (χ0v) is 45.0. The van der Waals surface area contributed by atoms with Gasteiger partial charge in [0.05, 0.1) is 0 Å². The molecule has 1 atom stereocenters. The van der Waals surface area contributed by atoms with E-state index in [1.54, 1.807) is 0 Å². The third kappa shape index (κ3) is 55.1. The van der Waals surface area contributed by atoms with Gasteiger partial charge in [-0.3, -0.25) is 14.4 Å². The van der Waals surface area contributed by atoms with Gasteiger partial charge in [-0.05, 0) is 96.3 Å². The minimum atomic E-state index is -0.816. The molecule has 0 N–H and O–H groups in total. The van der Waals surface area contributed by atoms with Crippen molar-refractivity contribution in [1.82, 2.24) is 0 Å². The van der Waals surface area contributed by atoms with E-state index in [1.807, 2.05) is 0 Å². The van der Waals surface area contributed by atoms with Crippen molar-refractivity contribution in [3.63, 3.8) is 0 Å². The SMILES string of the molecule is CC/C=C\C/C=C\C/C=C\C/C=C\CCCCC(=O)OC[C@H](COC(=O)CCC/C=C\C/C=C\C/C=C\C/C=C\CCCCC)OC(=O)CCCCCCCCCCCCCCCCCCCCC. The maximum absolute atomic E-state index is 12.9. The summed E-state index contributed by atoms with van der Waals surface area (Å²) in [6, 6.07) is 0. The van der Waals surface area contributed by atoms with Crippen LogP contribution in [0.4, 0.5) is 0 Å². The highest BCUT2D eigenvalue weighted by Crippen LogP contribution is 2.16. The number of unbranched alkanes of at least 4 members (excludes halogenated alkanes) is 24. The molecule has 0 radical (unpaired) electrons. The minimum Gasteiger partial charge on any atom is -0.462 e. The highest BCUT2D eigenvalue weighted by atomic mass is 16.6. The van der Waals surface area contributed by atoms with E-state index in [0.717, 1.165) is 83.5 Å². The van der Waals surface area contributed by atoms with Crippen molar-refractivity contribution >= 4 is 17.9 Å². The fourth-order valence-corrected chi connectivity index (χ4v) is 7.78. The lowest BCUT2D eigenvalue weighted by molar-refractivity contribution is -0.167. The number of ether oxygens (including phenoxy) is 3. The first-order valence-electron chi connectivity index (χ1n) is 28.7. The first-order chi connectivity index (χ1) is 34.0. The van der Waals surface area contributed by atoms with Crippen LogP contribution in [0.3, 0.4) is 0 Å². The molecule has 0 aromatic heterocycles. The summed E-state index contributed by atoms with van der Waals surface area (Å²) in [6.45, 7) is 6.43. The Morgan fingerprint density at radius 3 is 0.971 bits per heavy atom. The lowest BCUT2D eigenvalue weighted by atomic mass is 10.0. The molecular formula is C63H106O6. The van der Waals surface area contributed by atoms with E-state index in [4.69, 9.17) is 14.2 Å². The maximum atomic E-state index is 12.9. The summed E-state index contributed by atoms with van der Waals surface area (Å²) in [5, 5.41) is 0. The molecule has 0 rings (SSSR count). The fraction of sp³-hybridized carbons (Fsp3) is 0.698. The van der Waals surface area contributed by atoms with Crippen LogP contribution < -0.4 is 0 Å². The van der Waals surface area contributed by atoms with Crippen LogP contribution in [0.2, 0.25) is 0 Å². The normalized spacial score (nSPS) is 12.8. The van der Waals surface area contributed by atoms with Crippen LogP contribution in [-0.4, -0.2) is 37.2 Å².